The average molecular weight is 368 g/mol. The van der Waals surface area contributed by atoms with Crippen molar-refractivity contribution >= 4 is 16.8 Å². The van der Waals surface area contributed by atoms with Crippen molar-refractivity contribution in [3.05, 3.63) is 45.1 Å². The number of para-hydroxylation sites is 1. The summed E-state index contributed by atoms with van der Waals surface area (Å²) in [6, 6.07) is 9.09. The molecule has 1 saturated carbocycles. The topological polar surface area (TPSA) is 96.9 Å². The highest BCUT2D eigenvalue weighted by Gasteiger charge is 2.17. The third-order valence-electron chi connectivity index (χ3n) is 5.12. The van der Waals surface area contributed by atoms with Crippen LogP contribution in [0.25, 0.3) is 10.9 Å². The van der Waals surface area contributed by atoms with Gasteiger partial charge >= 0.3 is 5.69 Å². The maximum Gasteiger partial charge on any atom is 0.332 e. The fourth-order valence-electron chi connectivity index (χ4n) is 3.72. The van der Waals surface area contributed by atoms with Crippen molar-refractivity contribution < 1.29 is 4.79 Å². The number of amides is 1. The molecule has 0 spiro atoms. The van der Waals surface area contributed by atoms with E-state index < -0.39 is 5.69 Å². The quantitative estimate of drug-likeness (QED) is 0.755. The standard InChI is InChI=1S/C20H24N4O3/c21-12-14-23-17-10-4-3-9-16(17)19(26)24(20(23)27)13-6-5-11-18(25)22-15-7-1-2-8-15/h3-4,9-10,15H,1-2,5-8,11,13-14H2,(H,22,25). The van der Waals surface area contributed by atoms with Crippen molar-refractivity contribution in [2.24, 2.45) is 0 Å². The second-order valence-corrected chi connectivity index (χ2v) is 7.01. The number of nitriles is 1. The van der Waals surface area contributed by atoms with Gasteiger partial charge in [0.2, 0.25) is 5.91 Å². The molecule has 1 aliphatic rings. The van der Waals surface area contributed by atoms with E-state index >= 15 is 0 Å². The number of unbranched alkanes of at least 4 members (excludes halogenated alkanes) is 1. The Morgan fingerprint density at radius 2 is 1.89 bits per heavy atom. The van der Waals surface area contributed by atoms with Gasteiger partial charge in [0, 0.05) is 19.0 Å². The monoisotopic (exact) mass is 368 g/mol. The summed E-state index contributed by atoms with van der Waals surface area (Å²) < 4.78 is 2.50. The Kier molecular flexibility index (Phi) is 6.07. The summed E-state index contributed by atoms with van der Waals surface area (Å²) in [5.74, 6) is 0.0367. The molecule has 7 nitrogen and oxygen atoms in total. The lowest BCUT2D eigenvalue weighted by atomic mass is 10.2. The molecule has 1 aromatic heterocycles. The van der Waals surface area contributed by atoms with Crippen LogP contribution in [0.2, 0.25) is 0 Å². The lowest BCUT2D eigenvalue weighted by Gasteiger charge is -2.13. The zero-order chi connectivity index (χ0) is 19.2. The molecule has 1 fully saturated rings. The number of carbonyl (C=O) groups excluding carboxylic acids is 1. The molecule has 0 bridgehead atoms. The molecule has 27 heavy (non-hydrogen) atoms. The first-order valence-corrected chi connectivity index (χ1v) is 9.50. The van der Waals surface area contributed by atoms with E-state index in [0.717, 1.165) is 12.8 Å². The van der Waals surface area contributed by atoms with Crippen LogP contribution in [0, 0.1) is 11.3 Å². The van der Waals surface area contributed by atoms with Gasteiger partial charge in [-0.25, -0.2) is 4.79 Å². The Labute approximate surface area is 157 Å². The van der Waals surface area contributed by atoms with Crippen LogP contribution < -0.4 is 16.6 Å². The average Bonchev–Trinajstić information content (AvgIpc) is 3.17. The summed E-state index contributed by atoms with van der Waals surface area (Å²) >= 11 is 0. The predicted molar refractivity (Wildman–Crippen MR) is 102 cm³/mol. The number of nitrogens with zero attached hydrogens (tertiary/aromatic N) is 3. The molecule has 0 atom stereocenters. The van der Waals surface area contributed by atoms with E-state index in [-0.39, 0.29) is 24.6 Å². The van der Waals surface area contributed by atoms with Crippen LogP contribution in [-0.2, 0) is 17.9 Å². The molecule has 2 aromatic rings. The predicted octanol–water partition coefficient (Wildman–Crippen LogP) is 1.92. The van der Waals surface area contributed by atoms with Gasteiger partial charge < -0.3 is 5.32 Å². The van der Waals surface area contributed by atoms with Crippen LogP contribution in [0.15, 0.2) is 33.9 Å². The first kappa shape index (κ1) is 18.9. The van der Waals surface area contributed by atoms with Crippen molar-refractivity contribution in [1.29, 1.82) is 5.26 Å². The third kappa shape index (κ3) is 4.27. The molecular weight excluding hydrogens is 344 g/mol. The lowest BCUT2D eigenvalue weighted by molar-refractivity contribution is -0.121. The number of hydrogen-bond acceptors (Lipinski definition) is 4. The molecule has 1 aliphatic carbocycles. The van der Waals surface area contributed by atoms with E-state index in [1.54, 1.807) is 24.3 Å². The highest BCUT2D eigenvalue weighted by atomic mass is 16.2. The maximum absolute atomic E-state index is 12.7. The van der Waals surface area contributed by atoms with Gasteiger partial charge in [-0.15, -0.1) is 0 Å². The summed E-state index contributed by atoms with van der Waals surface area (Å²) in [6.07, 6.45) is 6.00. The Balaban J connectivity index is 1.68. The van der Waals surface area contributed by atoms with Crippen LogP contribution in [0.3, 0.4) is 0 Å². The molecule has 0 radical (unpaired) electrons. The zero-order valence-corrected chi connectivity index (χ0v) is 15.3. The molecule has 142 valence electrons. The summed E-state index contributed by atoms with van der Waals surface area (Å²) in [4.78, 5) is 37.3. The SMILES string of the molecule is N#CCn1c(=O)n(CCCCC(=O)NC2CCCC2)c(=O)c2ccccc21. The molecule has 3 rings (SSSR count). The number of rotatable bonds is 7. The normalized spacial score (nSPS) is 14.3. The second-order valence-electron chi connectivity index (χ2n) is 7.01. The van der Waals surface area contributed by atoms with Gasteiger partial charge in [0.05, 0.1) is 17.0 Å². The van der Waals surface area contributed by atoms with Crippen LogP contribution in [-0.4, -0.2) is 21.1 Å². The molecular formula is C20H24N4O3. The summed E-state index contributed by atoms with van der Waals surface area (Å²) in [5.41, 5.74) is -0.350. The molecule has 0 unspecified atom stereocenters. The number of benzene rings is 1. The van der Waals surface area contributed by atoms with Crippen molar-refractivity contribution in [2.75, 3.05) is 0 Å². The fourth-order valence-corrected chi connectivity index (χ4v) is 3.72. The number of hydrogen-bond donors (Lipinski definition) is 1. The Hall–Kier alpha value is -2.88. The van der Waals surface area contributed by atoms with Crippen LogP contribution in [0.4, 0.5) is 0 Å². The number of nitrogens with one attached hydrogen (secondary N) is 1. The first-order valence-electron chi connectivity index (χ1n) is 9.50. The van der Waals surface area contributed by atoms with Gasteiger partial charge in [0.15, 0.2) is 0 Å². The van der Waals surface area contributed by atoms with Crippen molar-refractivity contribution in [3.63, 3.8) is 0 Å². The molecule has 0 saturated heterocycles. The van der Waals surface area contributed by atoms with Crippen molar-refractivity contribution in [3.8, 4) is 6.07 Å². The smallest absolute Gasteiger partial charge is 0.332 e. The summed E-state index contributed by atoms with van der Waals surface area (Å²) in [5, 5.41) is 12.5. The lowest BCUT2D eigenvalue weighted by Crippen LogP contribution is -2.40. The van der Waals surface area contributed by atoms with Crippen molar-refractivity contribution in [1.82, 2.24) is 14.5 Å². The van der Waals surface area contributed by atoms with E-state index in [4.69, 9.17) is 5.26 Å². The van der Waals surface area contributed by atoms with Crippen molar-refractivity contribution in [2.45, 2.75) is 64.1 Å². The van der Waals surface area contributed by atoms with E-state index in [1.165, 1.54) is 22.0 Å². The minimum Gasteiger partial charge on any atom is -0.353 e. The van der Waals surface area contributed by atoms with E-state index in [1.807, 2.05) is 6.07 Å². The van der Waals surface area contributed by atoms with Gasteiger partial charge in [-0.2, -0.15) is 5.26 Å². The minimum atomic E-state index is -0.476. The Morgan fingerprint density at radius 1 is 1.15 bits per heavy atom. The van der Waals surface area contributed by atoms with E-state index in [2.05, 4.69) is 5.32 Å². The van der Waals surface area contributed by atoms with Gasteiger partial charge in [-0.3, -0.25) is 18.7 Å². The third-order valence-corrected chi connectivity index (χ3v) is 5.12. The molecule has 0 aliphatic heterocycles. The molecule has 1 heterocycles. The molecule has 7 heteroatoms. The molecule has 1 aromatic carbocycles. The van der Waals surface area contributed by atoms with Crippen LogP contribution >= 0.6 is 0 Å². The van der Waals surface area contributed by atoms with Crippen LogP contribution in [0.5, 0.6) is 0 Å². The number of carbonyl (C=O) groups is 1. The largest absolute Gasteiger partial charge is 0.353 e. The highest BCUT2D eigenvalue weighted by molar-refractivity contribution is 5.78. The Morgan fingerprint density at radius 3 is 2.63 bits per heavy atom. The van der Waals surface area contributed by atoms with Gasteiger partial charge in [-0.1, -0.05) is 25.0 Å². The highest BCUT2D eigenvalue weighted by Crippen LogP contribution is 2.17. The minimum absolute atomic E-state index is 0.0367. The van der Waals surface area contributed by atoms with E-state index in [0.29, 0.717) is 36.2 Å². The summed E-state index contributed by atoms with van der Waals surface area (Å²) in [7, 11) is 0. The number of aromatic nitrogens is 2. The first-order chi connectivity index (χ1) is 13.1. The zero-order valence-electron chi connectivity index (χ0n) is 15.3. The number of fused-ring (bicyclic) bond motifs is 1. The van der Waals surface area contributed by atoms with Gasteiger partial charge in [-0.05, 0) is 37.8 Å². The van der Waals surface area contributed by atoms with Gasteiger partial charge in [0.25, 0.3) is 5.56 Å². The van der Waals surface area contributed by atoms with Gasteiger partial charge in [0.1, 0.15) is 6.54 Å². The molecule has 1 amide bonds. The Bertz CT molecular complexity index is 977. The summed E-state index contributed by atoms with van der Waals surface area (Å²) in [6.45, 7) is 0.133. The molecule has 1 N–H and O–H groups in total. The van der Waals surface area contributed by atoms with E-state index in [9.17, 15) is 14.4 Å². The fraction of sp³-hybridized carbons (Fsp3) is 0.500. The van der Waals surface area contributed by atoms with Crippen LogP contribution in [0.1, 0.15) is 44.9 Å². The second kappa shape index (κ2) is 8.67. The maximum atomic E-state index is 12.7.